The molecule has 1 saturated carbocycles. The molecule has 0 spiro atoms. The number of benzene rings is 1. The van der Waals surface area contributed by atoms with Crippen LogP contribution in [-0.4, -0.2) is 46.3 Å². The Labute approximate surface area is 154 Å². The summed E-state index contributed by atoms with van der Waals surface area (Å²) < 4.78 is 1.94. The lowest BCUT2D eigenvalue weighted by atomic mass is 9.95. The van der Waals surface area contributed by atoms with Crippen molar-refractivity contribution in [1.29, 1.82) is 0 Å². The Morgan fingerprint density at radius 3 is 2.77 bits per heavy atom. The number of carbonyl (C=O) groups excluding carboxylic acids is 1. The molecule has 26 heavy (non-hydrogen) atoms. The summed E-state index contributed by atoms with van der Waals surface area (Å²) in [7, 11) is 0. The summed E-state index contributed by atoms with van der Waals surface area (Å²) in [5.74, 6) is 1.76. The summed E-state index contributed by atoms with van der Waals surface area (Å²) in [4.78, 5) is 14.7. The van der Waals surface area contributed by atoms with Gasteiger partial charge < -0.3 is 11.1 Å². The first-order valence-electron chi connectivity index (χ1n) is 9.48. The topological polar surface area (TPSA) is 76.2 Å². The summed E-state index contributed by atoms with van der Waals surface area (Å²) in [6.07, 6.45) is 4.26. The van der Waals surface area contributed by atoms with Crippen LogP contribution in [0, 0.1) is 5.92 Å². The Hall–Kier alpha value is -2.18. The Morgan fingerprint density at radius 1 is 1.27 bits per heavy atom. The van der Waals surface area contributed by atoms with Gasteiger partial charge in [0, 0.05) is 31.1 Å². The lowest BCUT2D eigenvalue weighted by molar-refractivity contribution is -0.117. The lowest BCUT2D eigenvalue weighted by Crippen LogP contribution is -2.34. The first kappa shape index (κ1) is 17.2. The van der Waals surface area contributed by atoms with Crippen molar-refractivity contribution in [3.8, 4) is 0 Å². The van der Waals surface area contributed by atoms with Crippen LogP contribution >= 0.6 is 0 Å². The van der Waals surface area contributed by atoms with Crippen LogP contribution in [0.15, 0.2) is 42.6 Å². The molecular weight excluding hydrogens is 326 g/mol. The molecule has 3 atom stereocenters. The number of aromatic nitrogens is 2. The molecule has 4 rings (SSSR count). The summed E-state index contributed by atoms with van der Waals surface area (Å²) in [5.41, 5.74) is 7.58. The van der Waals surface area contributed by atoms with Crippen molar-refractivity contribution >= 4 is 11.7 Å². The fourth-order valence-electron chi connectivity index (χ4n) is 4.00. The second-order valence-corrected chi connectivity index (χ2v) is 7.66. The average Bonchev–Trinajstić information content (AvgIpc) is 3.29. The molecule has 1 aromatic carbocycles. The van der Waals surface area contributed by atoms with Gasteiger partial charge in [-0.2, -0.15) is 5.10 Å². The van der Waals surface area contributed by atoms with E-state index in [1.807, 2.05) is 28.9 Å². The molecule has 0 bridgehead atoms. The lowest BCUT2D eigenvalue weighted by Gasteiger charge is -2.18. The van der Waals surface area contributed by atoms with Crippen molar-refractivity contribution in [1.82, 2.24) is 14.7 Å². The zero-order chi connectivity index (χ0) is 18.1. The number of hydrogen-bond acceptors (Lipinski definition) is 4. The highest BCUT2D eigenvalue weighted by molar-refractivity contribution is 5.91. The molecule has 1 aromatic heterocycles. The van der Waals surface area contributed by atoms with Crippen LogP contribution in [0.2, 0.25) is 0 Å². The summed E-state index contributed by atoms with van der Waals surface area (Å²) in [6, 6.07) is 12.6. The van der Waals surface area contributed by atoms with Gasteiger partial charge in [-0.25, -0.2) is 4.68 Å². The molecule has 1 amide bonds. The van der Waals surface area contributed by atoms with Gasteiger partial charge in [0.05, 0.1) is 18.8 Å². The SMILES string of the molecule is CC(C1CC1)n1nccc1NC(=O)CN1C[C@@H](N)[C@H](c2ccccc2)C1. The van der Waals surface area contributed by atoms with Gasteiger partial charge in [-0.05, 0) is 31.2 Å². The van der Waals surface area contributed by atoms with Crippen molar-refractivity contribution in [2.45, 2.75) is 37.8 Å². The number of likely N-dealkylation sites (tertiary alicyclic amines) is 1. The molecule has 1 aliphatic carbocycles. The van der Waals surface area contributed by atoms with E-state index >= 15 is 0 Å². The summed E-state index contributed by atoms with van der Waals surface area (Å²) in [6.45, 7) is 4.09. The van der Waals surface area contributed by atoms with E-state index in [1.54, 1.807) is 6.20 Å². The number of amides is 1. The maximum Gasteiger partial charge on any atom is 0.239 e. The smallest absolute Gasteiger partial charge is 0.239 e. The Balaban J connectivity index is 1.35. The van der Waals surface area contributed by atoms with Gasteiger partial charge in [-0.1, -0.05) is 30.3 Å². The fourth-order valence-corrected chi connectivity index (χ4v) is 4.00. The zero-order valence-corrected chi connectivity index (χ0v) is 15.2. The zero-order valence-electron chi connectivity index (χ0n) is 15.2. The van der Waals surface area contributed by atoms with Gasteiger partial charge in [-0.3, -0.25) is 9.69 Å². The van der Waals surface area contributed by atoms with Crippen LogP contribution in [0.4, 0.5) is 5.82 Å². The monoisotopic (exact) mass is 353 g/mol. The quantitative estimate of drug-likeness (QED) is 0.835. The standard InChI is InChI=1S/C20H27N5O/c1-14(15-7-8-15)25-19(9-10-22-25)23-20(26)13-24-11-17(18(21)12-24)16-5-3-2-4-6-16/h2-6,9-10,14-15,17-18H,7-8,11-13,21H2,1H3,(H,23,26)/t14?,17-,18+/m0/s1. The van der Waals surface area contributed by atoms with E-state index in [2.05, 4.69) is 34.4 Å². The molecule has 0 radical (unpaired) electrons. The number of rotatable bonds is 6. The first-order chi connectivity index (χ1) is 12.6. The van der Waals surface area contributed by atoms with Gasteiger partial charge in [0.25, 0.3) is 0 Å². The minimum absolute atomic E-state index is 0.00402. The van der Waals surface area contributed by atoms with Crippen LogP contribution in [0.25, 0.3) is 0 Å². The Morgan fingerprint density at radius 2 is 2.04 bits per heavy atom. The van der Waals surface area contributed by atoms with Crippen molar-refractivity contribution < 1.29 is 4.79 Å². The predicted octanol–water partition coefficient (Wildman–Crippen LogP) is 2.22. The van der Waals surface area contributed by atoms with Gasteiger partial charge >= 0.3 is 0 Å². The van der Waals surface area contributed by atoms with E-state index in [0.717, 1.165) is 18.9 Å². The summed E-state index contributed by atoms with van der Waals surface area (Å²) in [5, 5.41) is 7.42. The molecule has 138 valence electrons. The van der Waals surface area contributed by atoms with E-state index < -0.39 is 0 Å². The third kappa shape index (κ3) is 3.66. The van der Waals surface area contributed by atoms with Crippen LogP contribution < -0.4 is 11.1 Å². The van der Waals surface area contributed by atoms with E-state index in [9.17, 15) is 4.79 Å². The van der Waals surface area contributed by atoms with Crippen LogP contribution in [0.3, 0.4) is 0 Å². The van der Waals surface area contributed by atoms with Gasteiger partial charge in [-0.15, -0.1) is 0 Å². The molecular formula is C20H27N5O. The molecule has 1 saturated heterocycles. The van der Waals surface area contributed by atoms with Gasteiger partial charge in [0.2, 0.25) is 5.91 Å². The van der Waals surface area contributed by atoms with Crippen molar-refractivity contribution in [2.24, 2.45) is 11.7 Å². The third-order valence-electron chi connectivity index (χ3n) is 5.66. The molecule has 2 aromatic rings. The number of nitrogens with two attached hydrogens (primary N) is 1. The second kappa shape index (κ2) is 7.21. The fraction of sp³-hybridized carbons (Fsp3) is 0.500. The Kier molecular flexibility index (Phi) is 4.78. The molecule has 3 N–H and O–H groups in total. The second-order valence-electron chi connectivity index (χ2n) is 7.66. The third-order valence-corrected chi connectivity index (χ3v) is 5.66. The van der Waals surface area contributed by atoms with Crippen LogP contribution in [0.1, 0.15) is 37.3 Å². The molecule has 6 nitrogen and oxygen atoms in total. The Bertz CT molecular complexity index is 755. The molecule has 2 heterocycles. The predicted molar refractivity (Wildman–Crippen MR) is 102 cm³/mol. The van der Waals surface area contributed by atoms with E-state index in [4.69, 9.17) is 5.73 Å². The minimum atomic E-state index is -0.00402. The maximum atomic E-state index is 12.5. The average molecular weight is 353 g/mol. The number of anilines is 1. The highest BCUT2D eigenvalue weighted by atomic mass is 16.2. The first-order valence-corrected chi connectivity index (χ1v) is 9.48. The van der Waals surface area contributed by atoms with Crippen molar-refractivity contribution in [2.75, 3.05) is 25.0 Å². The number of hydrogen-bond donors (Lipinski definition) is 2. The van der Waals surface area contributed by atoms with Gasteiger partial charge in [0.15, 0.2) is 0 Å². The van der Waals surface area contributed by atoms with E-state index in [-0.39, 0.29) is 17.9 Å². The molecule has 2 fully saturated rings. The maximum absolute atomic E-state index is 12.5. The minimum Gasteiger partial charge on any atom is -0.326 e. The van der Waals surface area contributed by atoms with Crippen LogP contribution in [0.5, 0.6) is 0 Å². The highest BCUT2D eigenvalue weighted by Gasteiger charge is 2.33. The molecule has 6 heteroatoms. The number of nitrogens with one attached hydrogen (secondary N) is 1. The van der Waals surface area contributed by atoms with Crippen molar-refractivity contribution in [3.63, 3.8) is 0 Å². The van der Waals surface area contributed by atoms with E-state index in [1.165, 1.54) is 18.4 Å². The largest absolute Gasteiger partial charge is 0.326 e. The number of nitrogens with zero attached hydrogens (tertiary/aromatic N) is 3. The normalized spacial score (nSPS) is 24.5. The van der Waals surface area contributed by atoms with Crippen LogP contribution in [-0.2, 0) is 4.79 Å². The number of carbonyl (C=O) groups is 1. The van der Waals surface area contributed by atoms with Gasteiger partial charge in [0.1, 0.15) is 5.82 Å². The summed E-state index contributed by atoms with van der Waals surface area (Å²) >= 11 is 0. The molecule has 1 unspecified atom stereocenters. The van der Waals surface area contributed by atoms with E-state index in [0.29, 0.717) is 18.5 Å². The molecule has 2 aliphatic rings. The molecule has 1 aliphatic heterocycles. The van der Waals surface area contributed by atoms with Crippen molar-refractivity contribution in [3.05, 3.63) is 48.2 Å². The highest BCUT2D eigenvalue weighted by Crippen LogP contribution is 2.40.